The molecule has 3 heterocycles. The fourth-order valence-electron chi connectivity index (χ4n) is 5.43. The zero-order chi connectivity index (χ0) is 24.8. The predicted octanol–water partition coefficient (Wildman–Crippen LogP) is 4.40. The molecule has 1 saturated carbocycles. The number of aromatic nitrogens is 1. The van der Waals surface area contributed by atoms with Gasteiger partial charge in [0, 0.05) is 37.8 Å². The average Bonchev–Trinajstić information content (AvgIpc) is 3.65. The van der Waals surface area contributed by atoms with Crippen LogP contribution in [0.1, 0.15) is 67.7 Å². The van der Waals surface area contributed by atoms with Crippen LogP contribution in [0.2, 0.25) is 0 Å². The molecule has 3 aliphatic rings. The van der Waals surface area contributed by atoms with Gasteiger partial charge in [-0.2, -0.15) is 13.2 Å². The van der Waals surface area contributed by atoms with Gasteiger partial charge in [0.15, 0.2) is 0 Å². The topological polar surface area (TPSA) is 70.6 Å². The molecular weight excluding hydrogens is 459 g/mol. The number of benzene rings is 1. The second-order valence-electron chi connectivity index (χ2n) is 9.70. The molecular formula is C26H26F3N3O3. The Hall–Kier alpha value is -3.23. The molecule has 0 unspecified atom stereocenters. The number of hydrogen-bond acceptors (Lipinski definition) is 4. The number of carbonyl (C=O) groups excluding carboxylic acids is 3. The van der Waals surface area contributed by atoms with Crippen LogP contribution in [0, 0.1) is 0 Å². The van der Waals surface area contributed by atoms with Crippen LogP contribution in [0.5, 0.6) is 0 Å². The first-order valence-corrected chi connectivity index (χ1v) is 11.9. The molecule has 2 saturated heterocycles. The molecule has 184 valence electrons. The average molecular weight is 486 g/mol. The van der Waals surface area contributed by atoms with Crippen molar-refractivity contribution in [1.82, 2.24) is 14.8 Å². The minimum absolute atomic E-state index is 0.0668. The number of halogens is 3. The Morgan fingerprint density at radius 2 is 1.89 bits per heavy atom. The third-order valence-electron chi connectivity index (χ3n) is 7.35. The number of imide groups is 1. The Kier molecular flexibility index (Phi) is 5.89. The molecule has 2 aliphatic heterocycles. The summed E-state index contributed by atoms with van der Waals surface area (Å²) in [6.07, 6.45) is 1.90. The third kappa shape index (κ3) is 4.32. The second kappa shape index (κ2) is 8.77. The summed E-state index contributed by atoms with van der Waals surface area (Å²) in [4.78, 5) is 47.4. The highest BCUT2D eigenvalue weighted by molar-refractivity contribution is 6.11. The highest BCUT2D eigenvalue weighted by Gasteiger charge is 2.57. The van der Waals surface area contributed by atoms with E-state index in [4.69, 9.17) is 0 Å². The normalized spacial score (nSPS) is 25.3. The van der Waals surface area contributed by atoms with Crippen LogP contribution in [0.15, 0.2) is 48.8 Å². The van der Waals surface area contributed by atoms with Crippen molar-refractivity contribution >= 4 is 17.7 Å². The lowest BCUT2D eigenvalue weighted by Gasteiger charge is -2.38. The van der Waals surface area contributed by atoms with Gasteiger partial charge in [-0.1, -0.05) is 24.3 Å². The maximum Gasteiger partial charge on any atom is 0.416 e. The smallest absolute Gasteiger partial charge is 0.336 e. The van der Waals surface area contributed by atoms with Crippen LogP contribution in [-0.4, -0.2) is 45.1 Å². The summed E-state index contributed by atoms with van der Waals surface area (Å²) in [6, 6.07) is 7.76. The van der Waals surface area contributed by atoms with Crippen LogP contribution in [0.25, 0.3) is 0 Å². The van der Waals surface area contributed by atoms with Crippen LogP contribution in [-0.2, 0) is 26.0 Å². The van der Waals surface area contributed by atoms with Gasteiger partial charge in [0.1, 0.15) is 0 Å². The lowest BCUT2D eigenvalue weighted by Crippen LogP contribution is -2.46. The Balaban J connectivity index is 1.52. The molecule has 6 nitrogen and oxygen atoms in total. The Morgan fingerprint density at radius 3 is 2.57 bits per heavy atom. The summed E-state index contributed by atoms with van der Waals surface area (Å²) in [5.74, 6) is -1.33. The van der Waals surface area contributed by atoms with E-state index < -0.39 is 29.0 Å². The molecule has 0 spiro atoms. The van der Waals surface area contributed by atoms with Crippen molar-refractivity contribution in [1.29, 1.82) is 0 Å². The number of amides is 3. The minimum Gasteiger partial charge on any atom is -0.336 e. The Bertz CT molecular complexity index is 1150. The number of piperidine rings is 1. The van der Waals surface area contributed by atoms with E-state index in [0.717, 1.165) is 37.0 Å². The van der Waals surface area contributed by atoms with Gasteiger partial charge in [-0.05, 0) is 55.4 Å². The molecule has 0 N–H and O–H groups in total. The van der Waals surface area contributed by atoms with Crippen molar-refractivity contribution in [2.45, 2.75) is 68.6 Å². The van der Waals surface area contributed by atoms with Gasteiger partial charge in [-0.25, -0.2) is 0 Å². The molecule has 2 aromatic rings. The molecule has 3 amide bonds. The number of nitrogens with zero attached hydrogens (tertiary/aromatic N) is 3. The van der Waals surface area contributed by atoms with E-state index in [1.165, 1.54) is 17.0 Å². The van der Waals surface area contributed by atoms with E-state index in [1.807, 2.05) is 6.07 Å². The van der Waals surface area contributed by atoms with Crippen LogP contribution < -0.4 is 0 Å². The molecule has 1 aliphatic carbocycles. The van der Waals surface area contributed by atoms with E-state index >= 15 is 0 Å². The quantitative estimate of drug-likeness (QED) is 0.589. The van der Waals surface area contributed by atoms with Crippen LogP contribution >= 0.6 is 0 Å². The van der Waals surface area contributed by atoms with Crippen molar-refractivity contribution in [3.8, 4) is 0 Å². The first-order chi connectivity index (χ1) is 16.7. The van der Waals surface area contributed by atoms with Gasteiger partial charge in [0.25, 0.3) is 0 Å². The molecule has 1 aromatic carbocycles. The van der Waals surface area contributed by atoms with Gasteiger partial charge >= 0.3 is 6.18 Å². The molecule has 0 bridgehead atoms. The number of carbonyl (C=O) groups is 3. The van der Waals surface area contributed by atoms with E-state index in [1.54, 1.807) is 23.4 Å². The molecule has 3 fully saturated rings. The maximum atomic E-state index is 13.7. The SMILES string of the molecule is O=C1C[C@@](CC(=O)N2CCCC[C@@H]2c2cccnc2)(c2cccc(C(F)(F)F)c2)C(=O)N1C1CC1. The minimum atomic E-state index is -4.61. The molecule has 0 radical (unpaired) electrons. The maximum absolute atomic E-state index is 13.7. The monoisotopic (exact) mass is 485 g/mol. The number of rotatable bonds is 5. The summed E-state index contributed by atoms with van der Waals surface area (Å²) >= 11 is 0. The van der Waals surface area contributed by atoms with E-state index in [-0.39, 0.29) is 36.4 Å². The number of hydrogen-bond donors (Lipinski definition) is 0. The molecule has 1 aromatic heterocycles. The van der Waals surface area contributed by atoms with Crippen molar-refractivity contribution in [2.24, 2.45) is 0 Å². The van der Waals surface area contributed by atoms with Gasteiger partial charge in [-0.15, -0.1) is 0 Å². The summed E-state index contributed by atoms with van der Waals surface area (Å²) in [7, 11) is 0. The van der Waals surface area contributed by atoms with E-state index in [2.05, 4.69) is 4.98 Å². The fourth-order valence-corrected chi connectivity index (χ4v) is 5.43. The van der Waals surface area contributed by atoms with Gasteiger partial charge in [-0.3, -0.25) is 24.3 Å². The highest BCUT2D eigenvalue weighted by atomic mass is 19.4. The standard InChI is InChI=1S/C26H26F3N3O3/c27-26(28,29)19-7-3-6-18(13-19)25(15-23(34)32(24(25)35)20-9-10-20)14-22(33)31-12-2-1-8-21(31)17-5-4-11-30-16-17/h3-7,11,13,16,20-21H,1-2,8-10,12,14-15H2/t21-,25+/m1/s1. The van der Waals surface area contributed by atoms with Crippen LogP contribution in [0.3, 0.4) is 0 Å². The van der Waals surface area contributed by atoms with Gasteiger partial charge in [0.05, 0.1) is 17.0 Å². The zero-order valence-electron chi connectivity index (χ0n) is 19.1. The lowest BCUT2D eigenvalue weighted by atomic mass is 9.74. The number of pyridine rings is 1. The van der Waals surface area contributed by atoms with E-state index in [9.17, 15) is 27.6 Å². The Labute approximate surface area is 201 Å². The Morgan fingerprint density at radius 1 is 1.09 bits per heavy atom. The van der Waals surface area contributed by atoms with Crippen LogP contribution in [0.4, 0.5) is 13.2 Å². The van der Waals surface area contributed by atoms with Gasteiger partial charge < -0.3 is 4.90 Å². The zero-order valence-corrected chi connectivity index (χ0v) is 19.1. The van der Waals surface area contributed by atoms with E-state index in [0.29, 0.717) is 19.4 Å². The number of alkyl halides is 3. The van der Waals surface area contributed by atoms with Crippen molar-refractivity contribution in [3.63, 3.8) is 0 Å². The largest absolute Gasteiger partial charge is 0.416 e. The summed E-state index contributed by atoms with van der Waals surface area (Å²) in [6.45, 7) is 0.478. The molecule has 35 heavy (non-hydrogen) atoms. The lowest BCUT2D eigenvalue weighted by molar-refractivity contribution is -0.144. The summed E-state index contributed by atoms with van der Waals surface area (Å²) in [5, 5.41) is 0. The molecule has 2 atom stereocenters. The first-order valence-electron chi connectivity index (χ1n) is 11.9. The highest BCUT2D eigenvalue weighted by Crippen LogP contribution is 2.46. The first kappa shape index (κ1) is 23.5. The predicted molar refractivity (Wildman–Crippen MR) is 120 cm³/mol. The summed E-state index contributed by atoms with van der Waals surface area (Å²) in [5.41, 5.74) is -1.60. The van der Waals surface area contributed by atoms with Crippen molar-refractivity contribution in [3.05, 3.63) is 65.5 Å². The molecule has 5 rings (SSSR count). The summed E-state index contributed by atoms with van der Waals surface area (Å²) < 4.78 is 40.6. The second-order valence-corrected chi connectivity index (χ2v) is 9.70. The van der Waals surface area contributed by atoms with Gasteiger partial charge in [0.2, 0.25) is 17.7 Å². The van der Waals surface area contributed by atoms with Crippen molar-refractivity contribution in [2.75, 3.05) is 6.54 Å². The fraction of sp³-hybridized carbons (Fsp3) is 0.462. The third-order valence-corrected chi connectivity index (χ3v) is 7.35. The van der Waals surface area contributed by atoms with Crippen molar-refractivity contribution < 1.29 is 27.6 Å². The molecule has 9 heteroatoms. The number of likely N-dealkylation sites (tertiary alicyclic amines) is 2.